The van der Waals surface area contributed by atoms with Crippen LogP contribution in [0, 0.1) is 5.82 Å². The smallest absolute Gasteiger partial charge is 0.293 e. The third-order valence-corrected chi connectivity index (χ3v) is 3.33. The van der Waals surface area contributed by atoms with Crippen LogP contribution in [0.3, 0.4) is 0 Å². The van der Waals surface area contributed by atoms with E-state index in [1.807, 2.05) is 20.8 Å². The Morgan fingerprint density at radius 1 is 1.41 bits per heavy atom. The molecule has 122 valence electrons. The van der Waals surface area contributed by atoms with Crippen molar-refractivity contribution in [2.24, 2.45) is 0 Å². The number of hydrogen-bond acceptors (Lipinski definition) is 4. The first kappa shape index (κ1) is 18.6. The molecule has 0 aliphatic carbocycles. The minimum absolute atomic E-state index is 0.00792. The van der Waals surface area contributed by atoms with Gasteiger partial charge in [-0.3, -0.25) is 9.59 Å². The van der Waals surface area contributed by atoms with Gasteiger partial charge in [0.05, 0.1) is 12.2 Å². The average Bonchev–Trinajstić information content (AvgIpc) is 2.39. The fourth-order valence-electron chi connectivity index (χ4n) is 1.71. The molecule has 0 bridgehead atoms. The van der Waals surface area contributed by atoms with Gasteiger partial charge in [-0.15, -0.1) is 0 Å². The molecule has 0 radical (unpaired) electrons. The Balaban J connectivity index is 0.000000295. The van der Waals surface area contributed by atoms with E-state index in [-0.39, 0.29) is 17.3 Å². The molecule has 1 aliphatic heterocycles. The van der Waals surface area contributed by atoms with Gasteiger partial charge in [0.2, 0.25) is 5.91 Å². The van der Waals surface area contributed by atoms with Crippen molar-refractivity contribution in [3.8, 4) is 0 Å². The summed E-state index contributed by atoms with van der Waals surface area (Å²) >= 11 is 3.26. The summed E-state index contributed by atoms with van der Waals surface area (Å²) in [5.41, 5.74) is 0.407. The zero-order valence-electron chi connectivity index (χ0n) is 12.9. The molecule has 1 aromatic carbocycles. The Hall–Kier alpha value is -1.47. The van der Waals surface area contributed by atoms with E-state index in [1.54, 1.807) is 11.0 Å². The number of carbonyl (C=O) groups excluding carboxylic acids is 2. The molecular formula is C15H20BrFN2O3. The highest BCUT2D eigenvalue weighted by Gasteiger charge is 2.21. The predicted molar refractivity (Wildman–Crippen MR) is 86.2 cm³/mol. The van der Waals surface area contributed by atoms with E-state index >= 15 is 0 Å². The minimum Gasteiger partial charge on any atom is -0.462 e. The van der Waals surface area contributed by atoms with Gasteiger partial charge in [-0.25, -0.2) is 4.39 Å². The number of nitrogens with zero attached hydrogens (tertiary/aromatic N) is 1. The Labute approximate surface area is 137 Å². The van der Waals surface area contributed by atoms with Gasteiger partial charge in [-0.05, 0) is 54.9 Å². The first-order chi connectivity index (χ1) is 10.2. The SMILES string of the molecule is CC(C)(C)OC=O.O=C1CNCCN1c1ccc(F)cc1Br. The third-order valence-electron chi connectivity index (χ3n) is 2.69. The lowest BCUT2D eigenvalue weighted by Crippen LogP contribution is -2.48. The summed E-state index contributed by atoms with van der Waals surface area (Å²) in [4.78, 5) is 22.8. The lowest BCUT2D eigenvalue weighted by Gasteiger charge is -2.28. The van der Waals surface area contributed by atoms with Crippen molar-refractivity contribution in [1.82, 2.24) is 5.32 Å². The molecular weight excluding hydrogens is 355 g/mol. The fraction of sp³-hybridized carbons (Fsp3) is 0.467. The molecule has 7 heteroatoms. The summed E-state index contributed by atoms with van der Waals surface area (Å²) in [6.07, 6.45) is 0. The monoisotopic (exact) mass is 374 g/mol. The first-order valence-electron chi connectivity index (χ1n) is 6.82. The Bertz CT molecular complexity index is 532. The van der Waals surface area contributed by atoms with Crippen molar-refractivity contribution in [2.75, 3.05) is 24.5 Å². The van der Waals surface area contributed by atoms with Gasteiger partial charge in [0.25, 0.3) is 6.47 Å². The number of ether oxygens (including phenoxy) is 1. The Morgan fingerprint density at radius 3 is 2.55 bits per heavy atom. The maximum absolute atomic E-state index is 12.9. The molecule has 1 amide bonds. The highest BCUT2D eigenvalue weighted by atomic mass is 79.9. The van der Waals surface area contributed by atoms with E-state index in [9.17, 15) is 14.0 Å². The molecule has 0 saturated carbocycles. The third kappa shape index (κ3) is 6.11. The lowest BCUT2D eigenvalue weighted by molar-refractivity contribution is -0.138. The summed E-state index contributed by atoms with van der Waals surface area (Å²) < 4.78 is 18.0. The molecule has 5 nitrogen and oxygen atoms in total. The van der Waals surface area contributed by atoms with Crippen molar-refractivity contribution in [3.63, 3.8) is 0 Å². The van der Waals surface area contributed by atoms with Crippen LogP contribution in [0.2, 0.25) is 0 Å². The van der Waals surface area contributed by atoms with Crippen molar-refractivity contribution in [1.29, 1.82) is 0 Å². The molecule has 1 heterocycles. The predicted octanol–water partition coefficient (Wildman–Crippen LogP) is 2.48. The molecule has 1 aliphatic rings. The van der Waals surface area contributed by atoms with Crippen molar-refractivity contribution < 1.29 is 18.7 Å². The Morgan fingerprint density at radius 2 is 2.09 bits per heavy atom. The Kier molecular flexibility index (Phi) is 6.96. The van der Waals surface area contributed by atoms with Crippen LogP contribution in [0.5, 0.6) is 0 Å². The van der Waals surface area contributed by atoms with Gasteiger partial charge in [-0.2, -0.15) is 0 Å². The molecule has 0 aromatic heterocycles. The van der Waals surface area contributed by atoms with Crippen molar-refractivity contribution >= 4 is 34.0 Å². The summed E-state index contributed by atoms with van der Waals surface area (Å²) in [7, 11) is 0. The van der Waals surface area contributed by atoms with E-state index in [0.717, 1.165) is 12.2 Å². The fourth-order valence-corrected chi connectivity index (χ4v) is 2.27. The molecule has 1 saturated heterocycles. The zero-order chi connectivity index (χ0) is 16.8. The number of rotatable bonds is 2. The number of piperazine rings is 1. The summed E-state index contributed by atoms with van der Waals surface area (Å²) in [5, 5.41) is 2.98. The molecule has 0 unspecified atom stereocenters. The molecule has 0 atom stereocenters. The lowest BCUT2D eigenvalue weighted by atomic mass is 10.2. The number of halogens is 2. The van der Waals surface area contributed by atoms with E-state index < -0.39 is 0 Å². The zero-order valence-corrected chi connectivity index (χ0v) is 14.4. The van der Waals surface area contributed by atoms with Gasteiger partial charge in [0.1, 0.15) is 11.4 Å². The molecule has 22 heavy (non-hydrogen) atoms. The largest absolute Gasteiger partial charge is 0.462 e. The maximum Gasteiger partial charge on any atom is 0.293 e. The first-order valence-corrected chi connectivity index (χ1v) is 7.61. The quantitative estimate of drug-likeness (QED) is 0.807. The number of amides is 1. The second-order valence-electron chi connectivity index (χ2n) is 5.64. The van der Waals surface area contributed by atoms with Gasteiger partial charge >= 0.3 is 0 Å². The number of hydrogen-bond donors (Lipinski definition) is 1. The normalized spacial score (nSPS) is 15.0. The van der Waals surface area contributed by atoms with E-state index in [1.165, 1.54) is 12.1 Å². The van der Waals surface area contributed by atoms with Crippen LogP contribution < -0.4 is 10.2 Å². The molecule has 1 fully saturated rings. The van der Waals surface area contributed by atoms with Crippen LogP contribution in [0.4, 0.5) is 10.1 Å². The van der Waals surface area contributed by atoms with Crippen LogP contribution in [-0.2, 0) is 14.3 Å². The van der Waals surface area contributed by atoms with Gasteiger partial charge in [0.15, 0.2) is 0 Å². The second kappa shape index (κ2) is 8.24. The van der Waals surface area contributed by atoms with Crippen molar-refractivity contribution in [3.05, 3.63) is 28.5 Å². The number of carbonyl (C=O) groups is 2. The summed E-state index contributed by atoms with van der Waals surface area (Å²) in [6.45, 7) is 7.63. The van der Waals surface area contributed by atoms with Crippen LogP contribution >= 0.6 is 15.9 Å². The maximum atomic E-state index is 12.9. The molecule has 1 aromatic rings. The number of benzene rings is 1. The summed E-state index contributed by atoms with van der Waals surface area (Å²) in [6, 6.07) is 4.34. The van der Waals surface area contributed by atoms with E-state index in [4.69, 9.17) is 0 Å². The van der Waals surface area contributed by atoms with E-state index in [2.05, 4.69) is 26.0 Å². The van der Waals surface area contributed by atoms with Crippen molar-refractivity contribution in [2.45, 2.75) is 26.4 Å². The van der Waals surface area contributed by atoms with E-state index in [0.29, 0.717) is 24.0 Å². The molecule has 0 spiro atoms. The van der Waals surface area contributed by atoms with Gasteiger partial charge < -0.3 is 15.0 Å². The molecule has 1 N–H and O–H groups in total. The summed E-state index contributed by atoms with van der Waals surface area (Å²) in [5.74, 6) is -0.304. The molecule has 2 rings (SSSR count). The second-order valence-corrected chi connectivity index (χ2v) is 6.50. The van der Waals surface area contributed by atoms with Gasteiger partial charge in [0, 0.05) is 17.6 Å². The van der Waals surface area contributed by atoms with Crippen LogP contribution in [0.25, 0.3) is 0 Å². The van der Waals surface area contributed by atoms with Gasteiger partial charge in [-0.1, -0.05) is 0 Å². The minimum atomic E-state index is -0.318. The average molecular weight is 375 g/mol. The number of anilines is 1. The standard InChI is InChI=1S/C10H10BrFN2O.C5H10O2/c11-8-5-7(12)1-2-9(8)14-4-3-13-6-10(14)15;1-5(2,3)7-4-6/h1-2,5,13H,3-4,6H2;4H,1-3H3. The van der Waals surface area contributed by atoms with Crippen LogP contribution in [-0.4, -0.2) is 37.6 Å². The highest BCUT2D eigenvalue weighted by Crippen LogP contribution is 2.27. The van der Waals surface area contributed by atoms with Crippen LogP contribution in [0.1, 0.15) is 20.8 Å². The van der Waals surface area contributed by atoms with Crippen LogP contribution in [0.15, 0.2) is 22.7 Å². The number of nitrogens with one attached hydrogen (secondary N) is 1. The topological polar surface area (TPSA) is 58.6 Å². The highest BCUT2D eigenvalue weighted by molar-refractivity contribution is 9.10.